The fourth-order valence-electron chi connectivity index (χ4n) is 6.50. The molecule has 1 aromatic heterocycles. The Labute approximate surface area is 291 Å². The van der Waals surface area contributed by atoms with Crippen molar-refractivity contribution in [3.8, 4) is 0 Å². The number of aryl methyl sites for hydroxylation is 2. The number of nitrogens with zero attached hydrogens (tertiary/aromatic N) is 1. The van der Waals surface area contributed by atoms with Gasteiger partial charge >= 0.3 is 7.60 Å². The van der Waals surface area contributed by atoms with Crippen LogP contribution in [0.25, 0.3) is 10.9 Å². The van der Waals surface area contributed by atoms with Crippen molar-refractivity contribution >= 4 is 48.0 Å². The molecule has 0 aliphatic heterocycles. The van der Waals surface area contributed by atoms with Gasteiger partial charge in [-0.3, -0.25) is 28.5 Å². The minimum atomic E-state index is -4.26. The van der Waals surface area contributed by atoms with E-state index in [4.69, 9.17) is 5.73 Å². The van der Waals surface area contributed by atoms with Crippen molar-refractivity contribution in [2.45, 2.75) is 95.5 Å². The van der Waals surface area contributed by atoms with Crippen LogP contribution in [0.15, 0.2) is 54.7 Å². The minimum Gasteiger partial charge on any atom is -0.370 e. The molecule has 0 spiro atoms. The number of carbonyl (C=O) groups is 5. The molecule has 0 radical (unpaired) electrons. The summed E-state index contributed by atoms with van der Waals surface area (Å²) in [5, 5.41) is 12.1. The highest BCUT2D eigenvalue weighted by atomic mass is 31.2. The Morgan fingerprint density at radius 3 is 2.22 bits per heavy atom. The van der Waals surface area contributed by atoms with Gasteiger partial charge in [0.2, 0.25) is 29.5 Å². The molecule has 1 aliphatic carbocycles. The first-order valence-electron chi connectivity index (χ1n) is 16.8. The molecule has 0 unspecified atom stereocenters. The van der Waals surface area contributed by atoms with Crippen molar-refractivity contribution in [3.05, 3.63) is 71.4 Å². The molecule has 3 aromatic rings. The lowest BCUT2D eigenvalue weighted by Gasteiger charge is -2.38. The number of hydrogen-bond donors (Lipinski definition) is 7. The number of aromatic nitrogens is 1. The largest absolute Gasteiger partial charge is 0.370 e. The molecule has 14 nitrogen and oxygen atoms in total. The van der Waals surface area contributed by atoms with Crippen molar-refractivity contribution in [3.63, 3.8) is 0 Å². The van der Waals surface area contributed by atoms with E-state index in [1.54, 1.807) is 24.3 Å². The monoisotopic (exact) mass is 710 g/mol. The van der Waals surface area contributed by atoms with Crippen LogP contribution < -0.4 is 27.0 Å². The summed E-state index contributed by atoms with van der Waals surface area (Å²) in [4.78, 5) is 83.5. The van der Waals surface area contributed by atoms with Gasteiger partial charge in [0.15, 0.2) is 0 Å². The standard InChI is InChI=1S/C35H47N6O8P/c1-23-21-41(30-10-5-4-9-27(23)30)18-8-17-37-32(44)29(20-31(36)43)39-34(46)35(15-6-3-7-16-35)40-33(45)28(38-24(2)42)19-25-11-13-26(14-12-25)22-50(47,48)49/h4-5,9-14,21,28-29H,3,6-8,15-20,22H2,1-2H3,(H2,36,43)(H,37,44)(H,38,42)(H,39,46)(H,40,45)(H2,47,48,49)/t28-,29-/m0/s1. The van der Waals surface area contributed by atoms with Gasteiger partial charge in [0.25, 0.3) is 0 Å². The Kier molecular flexibility index (Phi) is 13.0. The van der Waals surface area contributed by atoms with E-state index in [0.29, 0.717) is 36.9 Å². The van der Waals surface area contributed by atoms with Crippen LogP contribution >= 0.6 is 7.60 Å². The number of benzene rings is 2. The summed E-state index contributed by atoms with van der Waals surface area (Å²) in [6, 6.07) is 12.0. The molecule has 15 heteroatoms. The summed E-state index contributed by atoms with van der Waals surface area (Å²) in [5.74, 6) is -3.05. The Bertz CT molecular complexity index is 1750. The number of hydrogen-bond acceptors (Lipinski definition) is 6. The molecule has 1 heterocycles. The number of fused-ring (bicyclic) bond motifs is 1. The molecule has 1 saturated carbocycles. The van der Waals surface area contributed by atoms with Gasteiger partial charge in [-0.2, -0.15) is 0 Å². The maximum absolute atomic E-state index is 13.9. The third-order valence-corrected chi connectivity index (χ3v) is 9.72. The number of rotatable bonds is 16. The van der Waals surface area contributed by atoms with Crippen molar-refractivity contribution < 1.29 is 38.3 Å². The molecule has 8 N–H and O–H groups in total. The molecule has 4 rings (SSSR count). The highest BCUT2D eigenvalue weighted by Crippen LogP contribution is 2.39. The first-order valence-corrected chi connectivity index (χ1v) is 18.6. The van der Waals surface area contributed by atoms with E-state index in [9.17, 15) is 38.3 Å². The van der Waals surface area contributed by atoms with Gasteiger partial charge in [-0.25, -0.2) is 0 Å². The maximum atomic E-state index is 13.9. The molecule has 50 heavy (non-hydrogen) atoms. The number of nitrogens with two attached hydrogens (primary N) is 1. The molecule has 1 aliphatic rings. The summed E-state index contributed by atoms with van der Waals surface area (Å²) in [7, 11) is -4.26. The predicted molar refractivity (Wildman–Crippen MR) is 188 cm³/mol. The highest BCUT2D eigenvalue weighted by Gasteiger charge is 2.43. The number of para-hydroxylation sites is 1. The lowest BCUT2D eigenvalue weighted by Crippen LogP contribution is -2.65. The van der Waals surface area contributed by atoms with E-state index in [0.717, 1.165) is 22.9 Å². The fraction of sp³-hybridized carbons (Fsp3) is 0.457. The fourth-order valence-corrected chi connectivity index (χ4v) is 7.19. The lowest BCUT2D eigenvalue weighted by molar-refractivity contribution is -0.139. The average molecular weight is 711 g/mol. The molecule has 0 bridgehead atoms. The van der Waals surface area contributed by atoms with Crippen LogP contribution in [0.1, 0.15) is 68.6 Å². The Balaban J connectivity index is 1.42. The van der Waals surface area contributed by atoms with Gasteiger partial charge < -0.3 is 41.4 Å². The molecule has 0 saturated heterocycles. The molecule has 270 valence electrons. The zero-order valence-corrected chi connectivity index (χ0v) is 29.3. The predicted octanol–water partition coefficient (Wildman–Crippen LogP) is 2.06. The van der Waals surface area contributed by atoms with E-state index >= 15 is 0 Å². The van der Waals surface area contributed by atoms with Crippen molar-refractivity contribution in [1.82, 2.24) is 25.8 Å². The Morgan fingerprint density at radius 1 is 0.920 bits per heavy atom. The van der Waals surface area contributed by atoms with Crippen LogP contribution in [0.2, 0.25) is 0 Å². The number of amides is 5. The topological polar surface area (TPSA) is 222 Å². The summed E-state index contributed by atoms with van der Waals surface area (Å²) < 4.78 is 13.5. The van der Waals surface area contributed by atoms with Gasteiger partial charge in [0.1, 0.15) is 17.6 Å². The minimum absolute atomic E-state index is 0.0460. The molecule has 2 atom stereocenters. The quantitative estimate of drug-likeness (QED) is 0.0859. The molecular weight excluding hydrogens is 663 g/mol. The van der Waals surface area contributed by atoms with Crippen LogP contribution in [-0.2, 0) is 47.7 Å². The van der Waals surface area contributed by atoms with Crippen LogP contribution in [-0.4, -0.2) is 68.1 Å². The number of nitrogens with one attached hydrogen (secondary N) is 4. The normalized spacial score (nSPS) is 15.4. The van der Waals surface area contributed by atoms with Gasteiger partial charge in [-0.15, -0.1) is 0 Å². The van der Waals surface area contributed by atoms with Crippen LogP contribution in [0.5, 0.6) is 0 Å². The summed E-state index contributed by atoms with van der Waals surface area (Å²) in [6.07, 6.45) is 4.48. The van der Waals surface area contributed by atoms with Crippen molar-refractivity contribution in [2.75, 3.05) is 6.54 Å². The third-order valence-electron chi connectivity index (χ3n) is 8.94. The smallest absolute Gasteiger partial charge is 0.329 e. The van der Waals surface area contributed by atoms with Crippen LogP contribution in [0.3, 0.4) is 0 Å². The average Bonchev–Trinajstić information content (AvgIpc) is 3.37. The first-order chi connectivity index (χ1) is 23.7. The van der Waals surface area contributed by atoms with E-state index in [1.807, 2.05) is 25.1 Å². The van der Waals surface area contributed by atoms with Gasteiger partial charge in [-0.05, 0) is 48.9 Å². The van der Waals surface area contributed by atoms with Crippen molar-refractivity contribution in [2.24, 2.45) is 5.73 Å². The Morgan fingerprint density at radius 2 is 1.58 bits per heavy atom. The zero-order valence-electron chi connectivity index (χ0n) is 28.4. The summed E-state index contributed by atoms with van der Waals surface area (Å²) in [5.41, 5.74) is 7.34. The zero-order chi connectivity index (χ0) is 36.5. The molecule has 2 aromatic carbocycles. The Hall–Kier alpha value is -4.52. The second kappa shape index (κ2) is 16.9. The maximum Gasteiger partial charge on any atom is 0.329 e. The summed E-state index contributed by atoms with van der Waals surface area (Å²) >= 11 is 0. The number of primary amides is 1. The van der Waals surface area contributed by atoms with E-state index in [1.165, 1.54) is 6.92 Å². The van der Waals surface area contributed by atoms with Crippen molar-refractivity contribution in [1.29, 1.82) is 0 Å². The summed E-state index contributed by atoms with van der Waals surface area (Å²) in [6.45, 7) is 4.23. The number of carbonyl (C=O) groups excluding carboxylic acids is 5. The SMILES string of the molecule is CC(=O)N[C@@H](Cc1ccc(CP(=O)(O)O)cc1)C(=O)NC1(C(=O)N[C@@H](CC(N)=O)C(=O)NCCCn2cc(C)c3ccccc32)CCCCC1. The molecule has 1 fully saturated rings. The molecular formula is C35H47N6O8P. The van der Waals surface area contributed by atoms with E-state index < -0.39 is 67.3 Å². The van der Waals surface area contributed by atoms with Gasteiger partial charge in [0.05, 0.1) is 12.6 Å². The second-order valence-electron chi connectivity index (χ2n) is 13.1. The highest BCUT2D eigenvalue weighted by molar-refractivity contribution is 7.50. The lowest BCUT2D eigenvalue weighted by atomic mass is 9.80. The first kappa shape index (κ1) is 38.3. The van der Waals surface area contributed by atoms with Crippen LogP contribution in [0.4, 0.5) is 0 Å². The third kappa shape index (κ3) is 10.7. The van der Waals surface area contributed by atoms with Gasteiger partial charge in [0, 0.05) is 43.5 Å². The molecule has 5 amide bonds. The van der Waals surface area contributed by atoms with Crippen LogP contribution in [0, 0.1) is 6.92 Å². The second-order valence-corrected chi connectivity index (χ2v) is 14.7. The van der Waals surface area contributed by atoms with Gasteiger partial charge in [-0.1, -0.05) is 61.7 Å². The van der Waals surface area contributed by atoms with E-state index in [2.05, 4.69) is 38.1 Å². The van der Waals surface area contributed by atoms with E-state index in [-0.39, 0.29) is 25.8 Å².